The highest BCUT2D eigenvalue weighted by Crippen LogP contribution is 2.15. The molecule has 0 aromatic heterocycles. The van der Waals surface area contributed by atoms with Crippen molar-refractivity contribution in [1.29, 1.82) is 0 Å². The van der Waals surface area contributed by atoms with Crippen molar-refractivity contribution in [3.8, 4) is 0 Å². The Morgan fingerprint density at radius 2 is 1.80 bits per heavy atom. The number of carbonyl (C=O) groups is 3. The second kappa shape index (κ2) is 5.70. The molecule has 2 N–H and O–H groups in total. The minimum Gasteiger partial charge on any atom is -0.399 e. The number of hydrogen-bond donors (Lipinski definition) is 1. The molecule has 1 fully saturated rings. The van der Waals surface area contributed by atoms with Crippen LogP contribution in [0.1, 0.15) is 0 Å². The monoisotopic (exact) mass is 277 g/mol. The molecule has 0 saturated carbocycles. The van der Waals surface area contributed by atoms with Crippen LogP contribution in [0.4, 0.5) is 11.4 Å². The molecule has 0 unspecified atom stereocenters. The first-order valence-corrected chi connectivity index (χ1v) is 6.02. The van der Waals surface area contributed by atoms with Crippen LogP contribution in [0.25, 0.3) is 0 Å². The molecule has 0 bridgehead atoms. The highest BCUT2D eigenvalue weighted by molar-refractivity contribution is 6.04. The van der Waals surface area contributed by atoms with Crippen LogP contribution in [0, 0.1) is 0 Å². The smallest absolute Gasteiger partial charge is 0.255 e. The number of nitrogen functional groups attached to an aromatic ring is 1. The maximum atomic E-state index is 12.1. The quantitative estimate of drug-likeness (QED) is 0.600. The molecule has 2 rings (SSSR count). The number of nitrogens with zero attached hydrogens (tertiary/aromatic N) is 2. The first kappa shape index (κ1) is 14.0. The van der Waals surface area contributed by atoms with Gasteiger partial charge in [0.05, 0.1) is 0 Å². The van der Waals surface area contributed by atoms with E-state index in [1.807, 2.05) is 0 Å². The minimum atomic E-state index is -0.500. The Labute approximate surface area is 115 Å². The molecule has 0 radical (unpaired) electrons. The fourth-order valence-electron chi connectivity index (χ4n) is 1.78. The van der Waals surface area contributed by atoms with E-state index in [9.17, 15) is 14.4 Å². The van der Waals surface area contributed by atoms with E-state index in [4.69, 9.17) is 10.5 Å². The van der Waals surface area contributed by atoms with E-state index < -0.39 is 11.8 Å². The van der Waals surface area contributed by atoms with Crippen molar-refractivity contribution >= 4 is 29.1 Å². The average molecular weight is 277 g/mol. The molecule has 106 valence electrons. The van der Waals surface area contributed by atoms with E-state index in [1.165, 1.54) is 4.90 Å². The summed E-state index contributed by atoms with van der Waals surface area (Å²) in [5.41, 5.74) is 6.80. The maximum absolute atomic E-state index is 12.1. The second-order valence-electron chi connectivity index (χ2n) is 4.41. The number of benzene rings is 1. The Balaban J connectivity index is 2.05. The summed E-state index contributed by atoms with van der Waals surface area (Å²) in [5.74, 6) is -1.36. The number of rotatable bonds is 3. The summed E-state index contributed by atoms with van der Waals surface area (Å²) in [7, 11) is 1.57. The van der Waals surface area contributed by atoms with Gasteiger partial charge < -0.3 is 15.4 Å². The van der Waals surface area contributed by atoms with Crippen molar-refractivity contribution in [2.45, 2.75) is 0 Å². The van der Waals surface area contributed by atoms with Gasteiger partial charge in [-0.2, -0.15) is 0 Å². The Hall–Kier alpha value is -2.41. The molecule has 1 saturated heterocycles. The van der Waals surface area contributed by atoms with Gasteiger partial charge in [-0.25, -0.2) is 0 Å². The third-order valence-electron chi connectivity index (χ3n) is 3.00. The molecule has 0 atom stereocenters. The van der Waals surface area contributed by atoms with Gasteiger partial charge >= 0.3 is 0 Å². The molecular weight excluding hydrogens is 262 g/mol. The number of imide groups is 1. The van der Waals surface area contributed by atoms with Gasteiger partial charge in [0.15, 0.2) is 0 Å². The lowest BCUT2D eigenvalue weighted by atomic mass is 10.2. The van der Waals surface area contributed by atoms with Gasteiger partial charge in [-0.05, 0) is 24.3 Å². The van der Waals surface area contributed by atoms with Gasteiger partial charge in [0.1, 0.15) is 19.8 Å². The second-order valence-corrected chi connectivity index (χ2v) is 4.41. The van der Waals surface area contributed by atoms with E-state index in [1.54, 1.807) is 31.3 Å². The molecule has 7 heteroatoms. The number of morpholine rings is 1. The third kappa shape index (κ3) is 2.94. The fourth-order valence-corrected chi connectivity index (χ4v) is 1.78. The van der Waals surface area contributed by atoms with Crippen molar-refractivity contribution in [2.24, 2.45) is 0 Å². The van der Waals surface area contributed by atoms with Crippen LogP contribution in [0.3, 0.4) is 0 Å². The Kier molecular flexibility index (Phi) is 3.99. The van der Waals surface area contributed by atoms with E-state index in [2.05, 4.69) is 0 Å². The number of nitrogens with two attached hydrogens (primary N) is 1. The first-order valence-electron chi connectivity index (χ1n) is 6.02. The number of amides is 3. The Bertz CT molecular complexity index is 525. The molecule has 7 nitrogen and oxygen atoms in total. The van der Waals surface area contributed by atoms with Crippen LogP contribution < -0.4 is 10.6 Å². The zero-order valence-corrected chi connectivity index (χ0v) is 11.0. The minimum absolute atomic E-state index is 0.176. The Morgan fingerprint density at radius 1 is 1.25 bits per heavy atom. The standard InChI is InChI=1S/C13H15N3O4/c1-15(10-4-2-9(14)3-5-10)11(17)6-16-12(18)7-20-8-13(16)19/h2-5H,6-8,14H2,1H3. The molecule has 3 amide bonds. The van der Waals surface area contributed by atoms with Crippen molar-refractivity contribution in [3.05, 3.63) is 24.3 Å². The first-order chi connectivity index (χ1) is 9.49. The zero-order valence-electron chi connectivity index (χ0n) is 11.0. The largest absolute Gasteiger partial charge is 0.399 e. The van der Waals surface area contributed by atoms with Gasteiger partial charge in [-0.3, -0.25) is 19.3 Å². The Morgan fingerprint density at radius 3 is 2.35 bits per heavy atom. The van der Waals surface area contributed by atoms with Crippen LogP contribution in [-0.2, 0) is 19.1 Å². The van der Waals surface area contributed by atoms with Crippen LogP contribution in [-0.4, -0.2) is 49.4 Å². The van der Waals surface area contributed by atoms with Gasteiger partial charge in [0, 0.05) is 18.4 Å². The number of anilines is 2. The van der Waals surface area contributed by atoms with Crippen LogP contribution in [0.5, 0.6) is 0 Å². The molecule has 1 heterocycles. The molecule has 0 spiro atoms. The summed E-state index contributed by atoms with van der Waals surface area (Å²) in [6.45, 7) is -0.642. The molecule has 1 aliphatic rings. The van der Waals surface area contributed by atoms with E-state index in [0.717, 1.165) is 4.90 Å². The summed E-state index contributed by atoms with van der Waals surface area (Å²) < 4.78 is 4.78. The van der Waals surface area contributed by atoms with E-state index >= 15 is 0 Å². The van der Waals surface area contributed by atoms with E-state index in [-0.39, 0.29) is 25.7 Å². The van der Waals surface area contributed by atoms with Crippen LogP contribution in [0.2, 0.25) is 0 Å². The predicted molar refractivity (Wildman–Crippen MR) is 71.8 cm³/mol. The van der Waals surface area contributed by atoms with Crippen molar-refractivity contribution in [1.82, 2.24) is 4.90 Å². The van der Waals surface area contributed by atoms with Crippen molar-refractivity contribution in [2.75, 3.05) is 37.4 Å². The molecule has 0 aliphatic carbocycles. The SMILES string of the molecule is CN(C(=O)CN1C(=O)COCC1=O)c1ccc(N)cc1. The zero-order chi connectivity index (χ0) is 14.7. The lowest BCUT2D eigenvalue weighted by molar-refractivity contribution is -0.160. The van der Waals surface area contributed by atoms with Crippen LogP contribution >= 0.6 is 0 Å². The predicted octanol–water partition coefficient (Wildman–Crippen LogP) is -0.383. The number of hydrogen-bond acceptors (Lipinski definition) is 5. The highest BCUT2D eigenvalue weighted by atomic mass is 16.5. The number of likely N-dealkylation sites (N-methyl/N-ethyl adjacent to an activating group) is 1. The normalized spacial score (nSPS) is 15.3. The van der Waals surface area contributed by atoms with Gasteiger partial charge in [-0.15, -0.1) is 0 Å². The third-order valence-corrected chi connectivity index (χ3v) is 3.00. The molecule has 20 heavy (non-hydrogen) atoms. The van der Waals surface area contributed by atoms with Crippen molar-refractivity contribution in [3.63, 3.8) is 0 Å². The molecular formula is C13H15N3O4. The average Bonchev–Trinajstić information content (AvgIpc) is 2.43. The maximum Gasteiger partial charge on any atom is 0.255 e. The topological polar surface area (TPSA) is 92.9 Å². The molecule has 1 aliphatic heterocycles. The van der Waals surface area contributed by atoms with Gasteiger partial charge in [-0.1, -0.05) is 0 Å². The lowest BCUT2D eigenvalue weighted by Crippen LogP contribution is -2.50. The summed E-state index contributed by atoms with van der Waals surface area (Å²) in [4.78, 5) is 37.5. The van der Waals surface area contributed by atoms with E-state index in [0.29, 0.717) is 11.4 Å². The number of ether oxygens (including phenoxy) is 1. The summed E-state index contributed by atoms with van der Waals surface area (Å²) in [6.07, 6.45) is 0. The lowest BCUT2D eigenvalue weighted by Gasteiger charge is -2.26. The number of carbonyl (C=O) groups excluding carboxylic acids is 3. The van der Waals surface area contributed by atoms with Gasteiger partial charge in [0.25, 0.3) is 11.8 Å². The van der Waals surface area contributed by atoms with Gasteiger partial charge in [0.2, 0.25) is 5.91 Å². The summed E-state index contributed by atoms with van der Waals surface area (Å²) in [5, 5.41) is 0. The van der Waals surface area contributed by atoms with Crippen LogP contribution in [0.15, 0.2) is 24.3 Å². The summed E-state index contributed by atoms with van der Waals surface area (Å²) >= 11 is 0. The summed E-state index contributed by atoms with van der Waals surface area (Å²) in [6, 6.07) is 6.72. The fraction of sp³-hybridized carbons (Fsp3) is 0.308. The highest BCUT2D eigenvalue weighted by Gasteiger charge is 2.29. The molecule has 1 aromatic rings. The van der Waals surface area contributed by atoms with Crippen molar-refractivity contribution < 1.29 is 19.1 Å². The molecule has 1 aromatic carbocycles.